The van der Waals surface area contributed by atoms with Crippen molar-refractivity contribution in [2.45, 2.75) is 39.2 Å². The van der Waals surface area contributed by atoms with E-state index >= 15 is 0 Å². The summed E-state index contributed by atoms with van der Waals surface area (Å²) in [5.74, 6) is 0.636. The molecule has 6 heteroatoms. The van der Waals surface area contributed by atoms with Crippen molar-refractivity contribution in [3.8, 4) is 0 Å². The van der Waals surface area contributed by atoms with Crippen LogP contribution in [0.25, 0.3) is 0 Å². The Morgan fingerprint density at radius 1 is 1.61 bits per heavy atom. The second kappa shape index (κ2) is 5.06. The summed E-state index contributed by atoms with van der Waals surface area (Å²) in [6, 6.07) is 1.79. The number of aromatic nitrogens is 1. The Morgan fingerprint density at radius 3 is 2.78 bits per heavy atom. The molecule has 0 saturated heterocycles. The van der Waals surface area contributed by atoms with Crippen LogP contribution >= 0.6 is 12.2 Å². The molecule has 1 amide bonds. The van der Waals surface area contributed by atoms with E-state index in [-0.39, 0.29) is 5.91 Å². The minimum Gasteiger partial charge on any atom is -0.392 e. The molecule has 1 aliphatic rings. The Bertz CT molecular complexity index is 464. The standard InChI is InChI=1S/C12H17N3O2S/c1-8-6-9(15-17-8)7-14-11(16)12(10(13)18)4-2-3-5-12/h6H,2-5,7H2,1H3,(H2,13,18)(H,14,16). The van der Waals surface area contributed by atoms with Gasteiger partial charge in [-0.25, -0.2) is 0 Å². The Labute approximate surface area is 111 Å². The van der Waals surface area contributed by atoms with Crippen LogP contribution in [0.3, 0.4) is 0 Å². The van der Waals surface area contributed by atoms with Crippen molar-refractivity contribution >= 4 is 23.1 Å². The van der Waals surface area contributed by atoms with Gasteiger partial charge in [0.15, 0.2) is 0 Å². The van der Waals surface area contributed by atoms with Gasteiger partial charge in [-0.2, -0.15) is 0 Å². The first-order chi connectivity index (χ1) is 8.54. The van der Waals surface area contributed by atoms with E-state index < -0.39 is 5.41 Å². The maximum absolute atomic E-state index is 12.3. The summed E-state index contributed by atoms with van der Waals surface area (Å²) < 4.78 is 4.94. The molecule has 1 heterocycles. The third-order valence-corrected chi connectivity index (χ3v) is 3.86. The number of hydrogen-bond donors (Lipinski definition) is 2. The molecule has 0 radical (unpaired) electrons. The fourth-order valence-corrected chi connectivity index (χ4v) is 2.70. The highest BCUT2D eigenvalue weighted by Gasteiger charge is 2.43. The van der Waals surface area contributed by atoms with Crippen molar-refractivity contribution in [1.29, 1.82) is 0 Å². The lowest BCUT2D eigenvalue weighted by molar-refractivity contribution is -0.127. The van der Waals surface area contributed by atoms with Gasteiger partial charge in [0.1, 0.15) is 11.5 Å². The molecule has 0 aliphatic heterocycles. The number of hydrogen-bond acceptors (Lipinski definition) is 4. The zero-order valence-electron chi connectivity index (χ0n) is 10.4. The molecule has 0 spiro atoms. The van der Waals surface area contributed by atoms with Crippen LogP contribution in [0.4, 0.5) is 0 Å². The number of nitrogens with zero attached hydrogens (tertiary/aromatic N) is 1. The summed E-state index contributed by atoms with van der Waals surface area (Å²) in [7, 11) is 0. The van der Waals surface area contributed by atoms with Crippen LogP contribution in [0, 0.1) is 12.3 Å². The number of nitrogens with one attached hydrogen (secondary N) is 1. The fraction of sp³-hybridized carbons (Fsp3) is 0.583. The van der Waals surface area contributed by atoms with Gasteiger partial charge in [-0.05, 0) is 19.8 Å². The highest BCUT2D eigenvalue weighted by atomic mass is 32.1. The predicted molar refractivity (Wildman–Crippen MR) is 70.8 cm³/mol. The molecule has 98 valence electrons. The number of carbonyl (C=O) groups is 1. The maximum atomic E-state index is 12.3. The number of rotatable bonds is 4. The van der Waals surface area contributed by atoms with E-state index in [4.69, 9.17) is 22.5 Å². The van der Waals surface area contributed by atoms with Crippen molar-refractivity contribution in [2.24, 2.45) is 11.1 Å². The molecule has 0 unspecified atom stereocenters. The number of nitrogens with two attached hydrogens (primary N) is 1. The Balaban J connectivity index is 2.00. The van der Waals surface area contributed by atoms with Crippen LogP contribution in [-0.4, -0.2) is 16.1 Å². The molecule has 3 N–H and O–H groups in total. The Hall–Kier alpha value is -1.43. The zero-order valence-corrected chi connectivity index (χ0v) is 11.2. The summed E-state index contributed by atoms with van der Waals surface area (Å²) in [5, 5.41) is 6.68. The molecule has 0 bridgehead atoms. The number of amides is 1. The van der Waals surface area contributed by atoms with Crippen LogP contribution in [0.15, 0.2) is 10.6 Å². The van der Waals surface area contributed by atoms with Gasteiger partial charge in [0, 0.05) is 6.07 Å². The van der Waals surface area contributed by atoms with E-state index in [0.29, 0.717) is 17.2 Å². The quantitative estimate of drug-likeness (QED) is 0.807. The van der Waals surface area contributed by atoms with Gasteiger partial charge in [-0.3, -0.25) is 4.79 Å². The van der Waals surface area contributed by atoms with Gasteiger partial charge < -0.3 is 15.6 Å². The van der Waals surface area contributed by atoms with Crippen molar-refractivity contribution in [1.82, 2.24) is 10.5 Å². The van der Waals surface area contributed by atoms with E-state index in [1.54, 1.807) is 6.07 Å². The second-order valence-electron chi connectivity index (χ2n) is 4.77. The Morgan fingerprint density at radius 2 is 2.28 bits per heavy atom. The second-order valence-corrected chi connectivity index (χ2v) is 5.20. The van der Waals surface area contributed by atoms with Crippen LogP contribution in [0.5, 0.6) is 0 Å². The minimum atomic E-state index is -0.659. The van der Waals surface area contributed by atoms with Crippen molar-refractivity contribution < 1.29 is 9.32 Å². The molecule has 0 atom stereocenters. The molecule has 18 heavy (non-hydrogen) atoms. The monoisotopic (exact) mass is 267 g/mol. The smallest absolute Gasteiger partial charge is 0.233 e. The highest BCUT2D eigenvalue weighted by Crippen LogP contribution is 2.38. The first-order valence-electron chi connectivity index (χ1n) is 6.05. The van der Waals surface area contributed by atoms with E-state index in [1.165, 1.54) is 0 Å². The number of aryl methyl sites for hydroxylation is 1. The topological polar surface area (TPSA) is 81.2 Å². The fourth-order valence-electron chi connectivity index (χ4n) is 2.41. The minimum absolute atomic E-state index is 0.0897. The van der Waals surface area contributed by atoms with Gasteiger partial charge in [0.25, 0.3) is 0 Å². The lowest BCUT2D eigenvalue weighted by atomic mass is 9.85. The molecule has 1 aromatic rings. The highest BCUT2D eigenvalue weighted by molar-refractivity contribution is 7.80. The molecule has 1 saturated carbocycles. The number of carbonyl (C=O) groups excluding carboxylic acids is 1. The third kappa shape index (κ3) is 2.38. The van der Waals surface area contributed by atoms with Crippen LogP contribution in [0.1, 0.15) is 37.1 Å². The summed E-state index contributed by atoms with van der Waals surface area (Å²) in [6.45, 7) is 2.16. The van der Waals surface area contributed by atoms with Gasteiger partial charge in [-0.1, -0.05) is 30.2 Å². The summed E-state index contributed by atoms with van der Waals surface area (Å²) >= 11 is 5.06. The van der Waals surface area contributed by atoms with Gasteiger partial charge in [0.2, 0.25) is 5.91 Å². The first-order valence-corrected chi connectivity index (χ1v) is 6.46. The third-order valence-electron chi connectivity index (χ3n) is 3.47. The molecule has 1 aromatic heterocycles. The molecular formula is C12H17N3O2S. The van der Waals surface area contributed by atoms with Crippen molar-refractivity contribution in [3.63, 3.8) is 0 Å². The molecular weight excluding hydrogens is 250 g/mol. The average Bonchev–Trinajstić information content (AvgIpc) is 2.95. The van der Waals surface area contributed by atoms with E-state index in [9.17, 15) is 4.79 Å². The Kier molecular flexibility index (Phi) is 3.65. The van der Waals surface area contributed by atoms with Crippen LogP contribution in [0.2, 0.25) is 0 Å². The van der Waals surface area contributed by atoms with Crippen molar-refractivity contribution in [2.75, 3.05) is 0 Å². The van der Waals surface area contributed by atoms with Crippen molar-refractivity contribution in [3.05, 3.63) is 17.5 Å². The lowest BCUT2D eigenvalue weighted by Crippen LogP contribution is -2.47. The number of thiocarbonyl (C=S) groups is 1. The maximum Gasteiger partial charge on any atom is 0.233 e. The van der Waals surface area contributed by atoms with E-state index in [0.717, 1.165) is 31.4 Å². The van der Waals surface area contributed by atoms with Gasteiger partial charge in [0.05, 0.1) is 16.9 Å². The molecule has 2 rings (SSSR count). The molecule has 1 fully saturated rings. The van der Waals surface area contributed by atoms with Gasteiger partial charge in [-0.15, -0.1) is 0 Å². The molecule has 0 aromatic carbocycles. The normalized spacial score (nSPS) is 17.6. The average molecular weight is 267 g/mol. The SMILES string of the molecule is Cc1cc(CNC(=O)C2(C(N)=S)CCCC2)no1. The van der Waals surface area contributed by atoms with Crippen LogP contribution < -0.4 is 11.1 Å². The lowest BCUT2D eigenvalue weighted by Gasteiger charge is -2.25. The molecule has 1 aliphatic carbocycles. The summed E-state index contributed by atoms with van der Waals surface area (Å²) in [6.07, 6.45) is 3.47. The largest absolute Gasteiger partial charge is 0.392 e. The van der Waals surface area contributed by atoms with E-state index in [2.05, 4.69) is 10.5 Å². The first kappa shape index (κ1) is 13.0. The molecule has 5 nitrogen and oxygen atoms in total. The summed E-state index contributed by atoms with van der Waals surface area (Å²) in [4.78, 5) is 12.6. The zero-order chi connectivity index (χ0) is 13.2. The summed E-state index contributed by atoms with van der Waals surface area (Å²) in [5.41, 5.74) is 5.79. The van der Waals surface area contributed by atoms with Crippen LogP contribution in [-0.2, 0) is 11.3 Å². The van der Waals surface area contributed by atoms with E-state index in [1.807, 2.05) is 6.92 Å². The van der Waals surface area contributed by atoms with Gasteiger partial charge >= 0.3 is 0 Å². The predicted octanol–water partition coefficient (Wildman–Crippen LogP) is 1.45.